The normalized spacial score (nSPS) is 14.0. The number of anilines is 3. The number of aromatic nitrogens is 1. The molecule has 2 heterocycles. The number of morpholine rings is 1. The molecule has 0 radical (unpaired) electrons. The first-order chi connectivity index (χ1) is 15.5. The highest BCUT2D eigenvalue weighted by atomic mass is 79.9. The Bertz CT molecular complexity index is 1080. The van der Waals surface area contributed by atoms with E-state index in [0.717, 1.165) is 28.8 Å². The Labute approximate surface area is 198 Å². The fourth-order valence-electron chi connectivity index (χ4n) is 3.18. The van der Waals surface area contributed by atoms with Crippen molar-refractivity contribution in [2.75, 3.05) is 48.8 Å². The van der Waals surface area contributed by atoms with E-state index in [0.29, 0.717) is 36.3 Å². The van der Waals surface area contributed by atoms with Crippen LogP contribution in [0, 0.1) is 0 Å². The molecule has 0 saturated carbocycles. The molecule has 0 atom stereocenters. The molecule has 4 rings (SSSR count). The molecule has 3 N–H and O–H groups in total. The van der Waals surface area contributed by atoms with Gasteiger partial charge in [0.15, 0.2) is 5.13 Å². The lowest BCUT2D eigenvalue weighted by atomic mass is 10.1. The summed E-state index contributed by atoms with van der Waals surface area (Å²) >= 11 is 4.70. The maximum absolute atomic E-state index is 12.4. The topological polar surface area (TPSA) is 95.6 Å². The van der Waals surface area contributed by atoms with Gasteiger partial charge in [-0.3, -0.25) is 15.0 Å². The van der Waals surface area contributed by atoms with Crippen LogP contribution >= 0.6 is 27.3 Å². The first-order valence-electron chi connectivity index (χ1n) is 10.0. The third-order valence-electron chi connectivity index (χ3n) is 4.74. The van der Waals surface area contributed by atoms with E-state index < -0.39 is 0 Å². The fraction of sp³-hybridized carbons (Fsp3) is 0.227. The minimum absolute atomic E-state index is 0.0608. The van der Waals surface area contributed by atoms with Crippen molar-refractivity contribution in [2.24, 2.45) is 0 Å². The Morgan fingerprint density at radius 3 is 2.59 bits per heavy atom. The number of nitrogens with one attached hydrogen (secondary N) is 3. The smallest absolute Gasteiger partial charge is 0.325 e. The summed E-state index contributed by atoms with van der Waals surface area (Å²) in [5.41, 5.74) is 2.96. The highest BCUT2D eigenvalue weighted by Crippen LogP contribution is 2.27. The van der Waals surface area contributed by atoms with Crippen molar-refractivity contribution in [3.05, 3.63) is 58.4 Å². The summed E-state index contributed by atoms with van der Waals surface area (Å²) in [6.45, 7) is 3.18. The lowest BCUT2D eigenvalue weighted by Crippen LogP contribution is -2.41. The largest absolute Gasteiger partial charge is 0.379 e. The third-order valence-corrected chi connectivity index (χ3v) is 6.03. The van der Waals surface area contributed by atoms with Crippen molar-refractivity contribution in [1.82, 2.24) is 9.88 Å². The molecule has 32 heavy (non-hydrogen) atoms. The molecule has 0 spiro atoms. The second-order valence-corrected chi connectivity index (χ2v) is 8.92. The Balaban J connectivity index is 1.34. The van der Waals surface area contributed by atoms with E-state index in [2.05, 4.69) is 41.8 Å². The molecule has 1 saturated heterocycles. The van der Waals surface area contributed by atoms with Crippen molar-refractivity contribution < 1.29 is 14.3 Å². The van der Waals surface area contributed by atoms with Gasteiger partial charge in [-0.15, -0.1) is 11.3 Å². The molecule has 1 aliphatic rings. The third kappa shape index (κ3) is 6.36. The van der Waals surface area contributed by atoms with Crippen LogP contribution < -0.4 is 16.0 Å². The van der Waals surface area contributed by atoms with E-state index in [4.69, 9.17) is 4.74 Å². The van der Waals surface area contributed by atoms with Crippen molar-refractivity contribution >= 4 is 55.7 Å². The van der Waals surface area contributed by atoms with Gasteiger partial charge in [-0.1, -0.05) is 28.1 Å². The summed E-state index contributed by atoms with van der Waals surface area (Å²) in [4.78, 5) is 31.1. The Hall–Kier alpha value is -2.79. The van der Waals surface area contributed by atoms with Crippen LogP contribution in [0.4, 0.5) is 21.3 Å². The van der Waals surface area contributed by atoms with Crippen LogP contribution in [0.3, 0.4) is 0 Å². The monoisotopic (exact) mass is 515 g/mol. The van der Waals surface area contributed by atoms with Crippen LogP contribution in [0.2, 0.25) is 0 Å². The van der Waals surface area contributed by atoms with Gasteiger partial charge < -0.3 is 15.4 Å². The summed E-state index contributed by atoms with van der Waals surface area (Å²) in [7, 11) is 0. The van der Waals surface area contributed by atoms with Gasteiger partial charge in [0.2, 0.25) is 5.91 Å². The number of benzene rings is 2. The highest BCUT2D eigenvalue weighted by molar-refractivity contribution is 9.10. The van der Waals surface area contributed by atoms with Gasteiger partial charge in [-0.2, -0.15) is 0 Å². The Morgan fingerprint density at radius 1 is 1.03 bits per heavy atom. The Kier molecular flexibility index (Phi) is 7.48. The van der Waals surface area contributed by atoms with Gasteiger partial charge >= 0.3 is 6.03 Å². The summed E-state index contributed by atoms with van der Waals surface area (Å²) < 4.78 is 6.25. The van der Waals surface area contributed by atoms with Crippen LogP contribution in [-0.2, 0) is 9.53 Å². The van der Waals surface area contributed by atoms with Gasteiger partial charge in [0, 0.05) is 39.9 Å². The second-order valence-electron chi connectivity index (χ2n) is 7.14. The molecule has 1 aromatic heterocycles. The van der Waals surface area contributed by atoms with Crippen LogP contribution in [0.15, 0.2) is 58.4 Å². The van der Waals surface area contributed by atoms with E-state index in [1.54, 1.807) is 12.1 Å². The number of hydrogen-bond acceptors (Lipinski definition) is 6. The quantitative estimate of drug-likeness (QED) is 0.449. The van der Waals surface area contributed by atoms with Crippen molar-refractivity contribution in [2.45, 2.75) is 0 Å². The molecule has 1 aliphatic heterocycles. The number of halogens is 1. The number of rotatable bonds is 6. The molecular weight excluding hydrogens is 494 g/mol. The van der Waals surface area contributed by atoms with Crippen LogP contribution in [0.1, 0.15) is 0 Å². The molecular formula is C22H22BrN5O3S. The minimum Gasteiger partial charge on any atom is -0.379 e. The summed E-state index contributed by atoms with van der Waals surface area (Å²) in [5, 5.41) is 10.8. The number of carbonyl (C=O) groups excluding carboxylic acids is 2. The van der Waals surface area contributed by atoms with Crippen LogP contribution in [-0.4, -0.2) is 54.7 Å². The van der Waals surface area contributed by atoms with Crippen LogP contribution in [0.25, 0.3) is 11.3 Å². The van der Waals surface area contributed by atoms with E-state index in [-0.39, 0.29) is 11.9 Å². The number of nitrogens with zero attached hydrogens (tertiary/aromatic N) is 2. The van der Waals surface area contributed by atoms with Gasteiger partial charge in [0.1, 0.15) is 0 Å². The van der Waals surface area contributed by atoms with Gasteiger partial charge in [-0.05, 0) is 36.4 Å². The van der Waals surface area contributed by atoms with Gasteiger partial charge in [-0.25, -0.2) is 9.78 Å². The molecule has 166 valence electrons. The van der Waals surface area contributed by atoms with E-state index in [9.17, 15) is 9.59 Å². The summed E-state index contributed by atoms with van der Waals surface area (Å²) in [6, 6.07) is 14.4. The lowest BCUT2D eigenvalue weighted by Gasteiger charge is -2.25. The predicted molar refractivity (Wildman–Crippen MR) is 130 cm³/mol. The lowest BCUT2D eigenvalue weighted by molar-refractivity contribution is -0.118. The van der Waals surface area contributed by atoms with Crippen molar-refractivity contribution in [1.29, 1.82) is 0 Å². The maximum atomic E-state index is 12.4. The predicted octanol–water partition coefficient (Wildman–Crippen LogP) is 4.49. The minimum atomic E-state index is -0.364. The molecule has 0 bridgehead atoms. The zero-order valence-corrected chi connectivity index (χ0v) is 19.5. The first-order valence-corrected chi connectivity index (χ1v) is 11.7. The molecule has 0 aliphatic carbocycles. The average molecular weight is 516 g/mol. The number of urea groups is 1. The van der Waals surface area contributed by atoms with E-state index in [1.807, 2.05) is 41.8 Å². The average Bonchev–Trinajstić information content (AvgIpc) is 3.24. The Morgan fingerprint density at radius 2 is 1.81 bits per heavy atom. The number of carbonyl (C=O) groups is 2. The standard InChI is InChI=1S/C22H22BrN5O3S/c23-16-4-6-17(7-5-16)25-21(30)27-22-26-19(14-32-22)15-2-1-3-18(12-15)24-20(29)13-28-8-10-31-11-9-28/h1-7,12,14H,8-11,13H2,(H,24,29)(H2,25,26,27,30). The zero-order chi connectivity index (χ0) is 22.3. The second kappa shape index (κ2) is 10.7. The van der Waals surface area contributed by atoms with Gasteiger partial charge in [0.25, 0.3) is 0 Å². The van der Waals surface area contributed by atoms with Crippen molar-refractivity contribution in [3.8, 4) is 11.3 Å². The molecule has 1 fully saturated rings. The number of hydrogen-bond donors (Lipinski definition) is 3. The maximum Gasteiger partial charge on any atom is 0.325 e. The molecule has 3 aromatic rings. The number of ether oxygens (including phenoxy) is 1. The molecule has 2 aromatic carbocycles. The van der Waals surface area contributed by atoms with Crippen LogP contribution in [0.5, 0.6) is 0 Å². The first kappa shape index (κ1) is 22.4. The number of amides is 3. The van der Waals surface area contributed by atoms with E-state index in [1.165, 1.54) is 11.3 Å². The molecule has 10 heteroatoms. The molecule has 0 unspecified atom stereocenters. The zero-order valence-electron chi connectivity index (χ0n) is 17.1. The van der Waals surface area contributed by atoms with Crippen molar-refractivity contribution in [3.63, 3.8) is 0 Å². The molecule has 3 amide bonds. The SMILES string of the molecule is O=C(CN1CCOCC1)Nc1cccc(-c2csc(NC(=O)Nc3ccc(Br)cc3)n2)c1. The fourth-order valence-corrected chi connectivity index (χ4v) is 4.15. The van der Waals surface area contributed by atoms with Gasteiger partial charge in [0.05, 0.1) is 25.5 Å². The molecule has 8 nitrogen and oxygen atoms in total. The van der Waals surface area contributed by atoms with E-state index >= 15 is 0 Å². The summed E-state index contributed by atoms with van der Waals surface area (Å²) in [5.74, 6) is -0.0608. The summed E-state index contributed by atoms with van der Waals surface area (Å²) in [6.07, 6.45) is 0. The number of thiazole rings is 1. The highest BCUT2D eigenvalue weighted by Gasteiger charge is 2.15.